The van der Waals surface area contributed by atoms with Gasteiger partial charge in [-0.1, -0.05) is 18.6 Å². The van der Waals surface area contributed by atoms with Gasteiger partial charge in [0.25, 0.3) is 0 Å². The molecule has 0 aliphatic heterocycles. The predicted molar refractivity (Wildman–Crippen MR) is 48.8 cm³/mol. The minimum Gasteiger partial charge on any atom is -0.300 e. The van der Waals surface area contributed by atoms with E-state index in [0.29, 0.717) is 17.6 Å². The average Bonchev–Trinajstić information content (AvgIpc) is 2.11. The molecule has 0 aromatic heterocycles. The average molecular weight is 164 g/mol. The SMILES string of the molecule is CC1CC(=O)CC2CCC=C1C2. The number of Topliss-reactive ketones (excluding diaryl/α,β-unsaturated/α-hetero) is 1. The highest BCUT2D eigenvalue weighted by atomic mass is 16.1. The fourth-order valence-electron chi connectivity index (χ4n) is 2.48. The number of ketones is 1. The van der Waals surface area contributed by atoms with Gasteiger partial charge in [-0.2, -0.15) is 0 Å². The number of carbonyl (C=O) groups excluding carboxylic acids is 1. The molecule has 2 aliphatic carbocycles. The van der Waals surface area contributed by atoms with E-state index in [-0.39, 0.29) is 0 Å². The third kappa shape index (κ3) is 1.45. The minimum atomic E-state index is 0.484. The van der Waals surface area contributed by atoms with E-state index in [2.05, 4.69) is 13.0 Å². The van der Waals surface area contributed by atoms with Gasteiger partial charge in [-0.3, -0.25) is 4.79 Å². The van der Waals surface area contributed by atoms with Crippen molar-refractivity contribution in [3.8, 4) is 0 Å². The zero-order valence-electron chi connectivity index (χ0n) is 7.68. The first-order valence-corrected chi connectivity index (χ1v) is 4.96. The number of rotatable bonds is 0. The Morgan fingerprint density at radius 1 is 1.33 bits per heavy atom. The summed E-state index contributed by atoms with van der Waals surface area (Å²) in [5.41, 5.74) is 1.55. The van der Waals surface area contributed by atoms with Crippen molar-refractivity contribution in [3.63, 3.8) is 0 Å². The molecule has 0 amide bonds. The zero-order chi connectivity index (χ0) is 8.55. The molecule has 0 spiro atoms. The predicted octanol–water partition coefficient (Wildman–Crippen LogP) is 2.71. The molecule has 0 N–H and O–H groups in total. The molecule has 0 radical (unpaired) electrons. The van der Waals surface area contributed by atoms with Crippen LogP contribution in [0.5, 0.6) is 0 Å². The van der Waals surface area contributed by atoms with Crippen LogP contribution < -0.4 is 0 Å². The Labute approximate surface area is 73.8 Å². The van der Waals surface area contributed by atoms with Crippen LogP contribution >= 0.6 is 0 Å². The van der Waals surface area contributed by atoms with E-state index >= 15 is 0 Å². The van der Waals surface area contributed by atoms with Crippen molar-refractivity contribution in [2.45, 2.75) is 39.0 Å². The Morgan fingerprint density at radius 2 is 2.17 bits per heavy atom. The Kier molecular flexibility index (Phi) is 2.03. The van der Waals surface area contributed by atoms with Crippen molar-refractivity contribution in [1.82, 2.24) is 0 Å². The highest BCUT2D eigenvalue weighted by Crippen LogP contribution is 2.36. The fraction of sp³-hybridized carbons (Fsp3) is 0.727. The summed E-state index contributed by atoms with van der Waals surface area (Å²) in [6, 6.07) is 0. The monoisotopic (exact) mass is 164 g/mol. The Balaban J connectivity index is 2.21. The summed E-state index contributed by atoms with van der Waals surface area (Å²) in [5, 5.41) is 0. The van der Waals surface area contributed by atoms with Gasteiger partial charge in [-0.25, -0.2) is 0 Å². The molecule has 2 rings (SSSR count). The maximum Gasteiger partial charge on any atom is 0.133 e. The number of carbonyl (C=O) groups is 1. The van der Waals surface area contributed by atoms with Gasteiger partial charge in [0.05, 0.1) is 0 Å². The molecule has 0 saturated heterocycles. The molecule has 2 aliphatic rings. The van der Waals surface area contributed by atoms with Gasteiger partial charge in [0.15, 0.2) is 0 Å². The molecule has 2 atom stereocenters. The van der Waals surface area contributed by atoms with Gasteiger partial charge in [0.2, 0.25) is 0 Å². The summed E-state index contributed by atoms with van der Waals surface area (Å²) in [6.07, 6.45) is 7.65. The molecular formula is C11H16O. The molecule has 2 unspecified atom stereocenters. The van der Waals surface area contributed by atoms with E-state index in [0.717, 1.165) is 12.8 Å². The number of hydrogen-bond donors (Lipinski definition) is 0. The second-order valence-electron chi connectivity index (χ2n) is 4.27. The van der Waals surface area contributed by atoms with Crippen molar-refractivity contribution >= 4 is 5.78 Å². The number of allylic oxidation sites excluding steroid dienone is 2. The summed E-state index contributed by atoms with van der Waals surface area (Å²) in [7, 11) is 0. The third-order valence-corrected chi connectivity index (χ3v) is 3.19. The van der Waals surface area contributed by atoms with E-state index in [4.69, 9.17) is 0 Å². The summed E-state index contributed by atoms with van der Waals surface area (Å²) in [5.74, 6) is 1.70. The standard InChI is InChI=1S/C11H16O/c1-8-5-11(12)7-9-3-2-4-10(8)6-9/h4,8-9H,2-3,5-7H2,1H3. The van der Waals surface area contributed by atoms with Crippen LogP contribution in [0.3, 0.4) is 0 Å². The van der Waals surface area contributed by atoms with Crippen molar-refractivity contribution in [2.75, 3.05) is 0 Å². The molecule has 0 aromatic rings. The molecule has 1 nitrogen and oxygen atoms in total. The zero-order valence-corrected chi connectivity index (χ0v) is 7.68. The lowest BCUT2D eigenvalue weighted by molar-refractivity contribution is -0.120. The topological polar surface area (TPSA) is 17.1 Å². The largest absolute Gasteiger partial charge is 0.300 e. The summed E-state index contributed by atoms with van der Waals surface area (Å²) in [6.45, 7) is 2.19. The highest BCUT2D eigenvalue weighted by Gasteiger charge is 2.26. The normalized spacial score (nSPS) is 35.8. The highest BCUT2D eigenvalue weighted by molar-refractivity contribution is 5.79. The Bertz CT molecular complexity index is 227. The van der Waals surface area contributed by atoms with Crippen LogP contribution in [-0.4, -0.2) is 5.78 Å². The molecule has 1 fully saturated rings. The lowest BCUT2D eigenvalue weighted by Crippen LogP contribution is -2.07. The summed E-state index contributed by atoms with van der Waals surface area (Å²) in [4.78, 5) is 11.4. The van der Waals surface area contributed by atoms with Crippen molar-refractivity contribution < 1.29 is 4.79 Å². The molecule has 2 bridgehead atoms. The first kappa shape index (κ1) is 8.03. The van der Waals surface area contributed by atoms with Gasteiger partial charge in [-0.05, 0) is 31.1 Å². The number of hydrogen-bond acceptors (Lipinski definition) is 1. The van der Waals surface area contributed by atoms with Crippen LogP contribution in [-0.2, 0) is 4.79 Å². The van der Waals surface area contributed by atoms with Gasteiger partial charge in [0, 0.05) is 12.8 Å². The van der Waals surface area contributed by atoms with Gasteiger partial charge < -0.3 is 0 Å². The third-order valence-electron chi connectivity index (χ3n) is 3.19. The lowest BCUT2D eigenvalue weighted by atomic mass is 9.85. The van der Waals surface area contributed by atoms with Crippen LogP contribution in [0.15, 0.2) is 11.6 Å². The summed E-state index contributed by atoms with van der Waals surface area (Å²) < 4.78 is 0. The molecule has 12 heavy (non-hydrogen) atoms. The van der Waals surface area contributed by atoms with Crippen LogP contribution in [0.25, 0.3) is 0 Å². The molecule has 66 valence electrons. The van der Waals surface area contributed by atoms with Crippen LogP contribution in [0, 0.1) is 11.8 Å². The molecular weight excluding hydrogens is 148 g/mol. The summed E-state index contributed by atoms with van der Waals surface area (Å²) >= 11 is 0. The Morgan fingerprint density at radius 3 is 3.00 bits per heavy atom. The number of fused-ring (bicyclic) bond motifs is 2. The second kappa shape index (κ2) is 3.04. The molecule has 0 aromatic carbocycles. The first-order valence-electron chi connectivity index (χ1n) is 4.96. The smallest absolute Gasteiger partial charge is 0.133 e. The maximum atomic E-state index is 11.4. The minimum absolute atomic E-state index is 0.484. The Hall–Kier alpha value is -0.590. The van der Waals surface area contributed by atoms with E-state index in [9.17, 15) is 4.79 Å². The second-order valence-corrected chi connectivity index (χ2v) is 4.27. The van der Waals surface area contributed by atoms with Crippen molar-refractivity contribution in [2.24, 2.45) is 11.8 Å². The molecule has 0 heterocycles. The van der Waals surface area contributed by atoms with Crippen molar-refractivity contribution in [3.05, 3.63) is 11.6 Å². The van der Waals surface area contributed by atoms with Crippen LogP contribution in [0.1, 0.15) is 39.0 Å². The fourth-order valence-corrected chi connectivity index (χ4v) is 2.48. The van der Waals surface area contributed by atoms with Gasteiger partial charge in [-0.15, -0.1) is 0 Å². The molecule has 1 heteroatoms. The van der Waals surface area contributed by atoms with Gasteiger partial charge >= 0.3 is 0 Å². The van der Waals surface area contributed by atoms with E-state index in [1.807, 2.05) is 0 Å². The lowest BCUT2D eigenvalue weighted by Gasteiger charge is -2.20. The maximum absolute atomic E-state index is 11.4. The quantitative estimate of drug-likeness (QED) is 0.503. The van der Waals surface area contributed by atoms with Crippen LogP contribution in [0.4, 0.5) is 0 Å². The first-order chi connectivity index (χ1) is 5.75. The van der Waals surface area contributed by atoms with Crippen LogP contribution in [0.2, 0.25) is 0 Å². The molecule has 1 saturated carbocycles. The van der Waals surface area contributed by atoms with E-state index in [1.165, 1.54) is 19.3 Å². The van der Waals surface area contributed by atoms with Crippen molar-refractivity contribution in [1.29, 1.82) is 0 Å². The van der Waals surface area contributed by atoms with E-state index in [1.54, 1.807) is 5.57 Å². The van der Waals surface area contributed by atoms with E-state index < -0.39 is 0 Å². The van der Waals surface area contributed by atoms with Gasteiger partial charge in [0.1, 0.15) is 5.78 Å².